The second kappa shape index (κ2) is 10.1. The lowest BCUT2D eigenvalue weighted by Crippen LogP contribution is -2.09. The molecule has 4 heterocycles. The number of furan rings is 3. The van der Waals surface area contributed by atoms with Gasteiger partial charge in [-0.25, -0.2) is 4.98 Å². The first kappa shape index (κ1) is 26.7. The topological polar surface area (TPSA) is 55.6 Å². The van der Waals surface area contributed by atoms with Gasteiger partial charge in [0.1, 0.15) is 38.5 Å². The molecule has 49 heavy (non-hydrogen) atoms. The Bertz CT molecular complexity index is 2960. The smallest absolute Gasteiger partial charge is 0.137 e. The van der Waals surface area contributed by atoms with E-state index in [2.05, 4.69) is 102 Å². The number of thiazole rings is 1. The number of hydrogen-bond donors (Lipinski definition) is 0. The third-order valence-corrected chi connectivity index (χ3v) is 10.6. The van der Waals surface area contributed by atoms with E-state index in [0.29, 0.717) is 0 Å². The normalized spacial score (nSPS) is 12.1. The zero-order valence-electron chi connectivity index (χ0n) is 25.9. The summed E-state index contributed by atoms with van der Waals surface area (Å²) >= 11 is 1.70. The van der Waals surface area contributed by atoms with Crippen LogP contribution < -0.4 is 4.90 Å². The van der Waals surface area contributed by atoms with E-state index in [1.54, 1.807) is 11.3 Å². The third-order valence-electron chi connectivity index (χ3n) is 9.49. The standard InChI is InChI=1S/C43H24N2O3S/c1-2-8-25(9-3-1)43-44-34-19-21-38-41(42(34)49-43)33-22-26(16-20-37(33)46-38)45(27-14-17-31-29-10-4-6-12-35(29)47-39(31)23-27)28-15-18-32-30-11-5-7-13-36(30)48-40(32)24-28/h1-24H. The average molecular weight is 649 g/mol. The van der Waals surface area contributed by atoms with Gasteiger partial charge in [-0.15, -0.1) is 11.3 Å². The average Bonchev–Trinajstić information content (AvgIpc) is 3.92. The fourth-order valence-electron chi connectivity index (χ4n) is 7.23. The molecule has 0 saturated heterocycles. The zero-order chi connectivity index (χ0) is 32.1. The lowest BCUT2D eigenvalue weighted by Gasteiger charge is -2.25. The molecule has 0 bridgehead atoms. The first-order valence-corrected chi connectivity index (χ1v) is 17.0. The maximum atomic E-state index is 6.43. The summed E-state index contributed by atoms with van der Waals surface area (Å²) in [6.45, 7) is 0. The summed E-state index contributed by atoms with van der Waals surface area (Å²) in [5.74, 6) is 0. The van der Waals surface area contributed by atoms with E-state index in [0.717, 1.165) is 104 Å². The van der Waals surface area contributed by atoms with E-state index in [1.807, 2.05) is 48.5 Å². The Hall–Kier alpha value is -6.37. The van der Waals surface area contributed by atoms with Crippen molar-refractivity contribution in [3.8, 4) is 10.6 Å². The summed E-state index contributed by atoms with van der Waals surface area (Å²) in [6, 6.07) is 50.1. The largest absolute Gasteiger partial charge is 0.456 e. The molecule has 0 saturated carbocycles. The first-order valence-electron chi connectivity index (χ1n) is 16.2. The summed E-state index contributed by atoms with van der Waals surface area (Å²) in [4.78, 5) is 7.28. The van der Waals surface area contributed by atoms with Gasteiger partial charge in [-0.3, -0.25) is 0 Å². The molecule has 0 spiro atoms. The molecule has 0 unspecified atom stereocenters. The Morgan fingerprint density at radius 1 is 0.429 bits per heavy atom. The number of hydrogen-bond acceptors (Lipinski definition) is 6. The van der Waals surface area contributed by atoms with Crippen molar-refractivity contribution in [2.75, 3.05) is 4.90 Å². The van der Waals surface area contributed by atoms with Crippen LogP contribution in [0.4, 0.5) is 17.1 Å². The summed E-state index contributed by atoms with van der Waals surface area (Å²) in [7, 11) is 0. The fourth-order valence-corrected chi connectivity index (χ4v) is 8.35. The molecule has 5 nitrogen and oxygen atoms in total. The second-order valence-electron chi connectivity index (χ2n) is 12.3. The van der Waals surface area contributed by atoms with Gasteiger partial charge in [0.05, 0.1) is 10.2 Å². The Morgan fingerprint density at radius 2 is 0.959 bits per heavy atom. The van der Waals surface area contributed by atoms with Crippen LogP contribution in [0.3, 0.4) is 0 Å². The number of aromatic nitrogens is 1. The predicted octanol–water partition coefficient (Wildman–Crippen LogP) is 13.1. The summed E-state index contributed by atoms with van der Waals surface area (Å²) in [5.41, 5.74) is 10.1. The molecule has 0 aliphatic carbocycles. The van der Waals surface area contributed by atoms with E-state index in [1.165, 1.54) is 0 Å². The molecule has 0 atom stereocenters. The van der Waals surface area contributed by atoms with Crippen LogP contribution in [0.1, 0.15) is 0 Å². The van der Waals surface area contributed by atoms with Crippen molar-refractivity contribution in [1.29, 1.82) is 0 Å². The number of benzene rings is 7. The van der Waals surface area contributed by atoms with Crippen LogP contribution in [0.2, 0.25) is 0 Å². The van der Waals surface area contributed by atoms with Gasteiger partial charge >= 0.3 is 0 Å². The zero-order valence-corrected chi connectivity index (χ0v) is 26.7. The number of nitrogens with zero attached hydrogens (tertiary/aromatic N) is 2. The van der Waals surface area contributed by atoms with Gasteiger partial charge < -0.3 is 18.2 Å². The van der Waals surface area contributed by atoms with Crippen molar-refractivity contribution < 1.29 is 13.3 Å². The van der Waals surface area contributed by atoms with Crippen molar-refractivity contribution in [2.45, 2.75) is 0 Å². The van der Waals surface area contributed by atoms with E-state index in [4.69, 9.17) is 18.2 Å². The number of fused-ring (bicyclic) bond motifs is 11. The van der Waals surface area contributed by atoms with Crippen LogP contribution in [0, 0.1) is 0 Å². The summed E-state index contributed by atoms with van der Waals surface area (Å²) in [5, 5.41) is 7.50. The lowest BCUT2D eigenvalue weighted by atomic mass is 10.1. The summed E-state index contributed by atoms with van der Waals surface area (Å²) < 4.78 is 20.3. The molecule has 0 amide bonds. The van der Waals surface area contributed by atoms with E-state index in [9.17, 15) is 0 Å². The minimum absolute atomic E-state index is 0.835. The minimum atomic E-state index is 0.835. The highest BCUT2D eigenvalue weighted by molar-refractivity contribution is 7.22. The van der Waals surface area contributed by atoms with Crippen molar-refractivity contribution in [3.63, 3.8) is 0 Å². The SMILES string of the molecule is c1ccc(-c2nc3ccc4oc5ccc(N(c6ccc7c(c6)oc6ccccc67)c6ccc7c(c6)oc6ccccc67)cc5c4c3s2)cc1. The monoisotopic (exact) mass is 648 g/mol. The van der Waals surface area contributed by atoms with Gasteiger partial charge in [-0.1, -0.05) is 66.7 Å². The van der Waals surface area contributed by atoms with Crippen LogP contribution >= 0.6 is 11.3 Å². The van der Waals surface area contributed by atoms with Crippen LogP contribution in [-0.4, -0.2) is 4.98 Å². The Balaban J connectivity index is 1.15. The fraction of sp³-hybridized carbons (Fsp3) is 0. The molecular weight excluding hydrogens is 625 g/mol. The molecule has 0 radical (unpaired) electrons. The van der Waals surface area contributed by atoms with Gasteiger partial charge in [0, 0.05) is 67.1 Å². The molecular formula is C43H24N2O3S. The molecule has 7 aromatic carbocycles. The van der Waals surface area contributed by atoms with Crippen LogP contribution in [0.5, 0.6) is 0 Å². The molecule has 0 N–H and O–H groups in total. The van der Waals surface area contributed by atoms with E-state index < -0.39 is 0 Å². The Kier molecular flexibility index (Phi) is 5.48. The van der Waals surface area contributed by atoms with Crippen molar-refractivity contribution in [3.05, 3.63) is 146 Å². The summed E-state index contributed by atoms with van der Waals surface area (Å²) in [6.07, 6.45) is 0. The maximum absolute atomic E-state index is 6.43. The molecule has 0 fully saturated rings. The number of rotatable bonds is 4. The van der Waals surface area contributed by atoms with Gasteiger partial charge in [0.2, 0.25) is 0 Å². The molecule has 11 aromatic rings. The van der Waals surface area contributed by atoms with Gasteiger partial charge in [-0.2, -0.15) is 0 Å². The molecule has 230 valence electrons. The van der Waals surface area contributed by atoms with E-state index >= 15 is 0 Å². The van der Waals surface area contributed by atoms with E-state index in [-0.39, 0.29) is 0 Å². The molecule has 11 rings (SSSR count). The van der Waals surface area contributed by atoms with Gasteiger partial charge in [0.15, 0.2) is 0 Å². The quantitative estimate of drug-likeness (QED) is 0.190. The van der Waals surface area contributed by atoms with Crippen LogP contribution in [-0.2, 0) is 0 Å². The van der Waals surface area contributed by atoms with Crippen LogP contribution in [0.25, 0.3) is 86.6 Å². The molecule has 0 aliphatic heterocycles. The minimum Gasteiger partial charge on any atom is -0.456 e. The maximum Gasteiger partial charge on any atom is 0.137 e. The van der Waals surface area contributed by atoms with Crippen molar-refractivity contribution in [1.82, 2.24) is 4.98 Å². The second-order valence-corrected chi connectivity index (χ2v) is 13.3. The van der Waals surface area contributed by atoms with Crippen molar-refractivity contribution in [2.24, 2.45) is 0 Å². The Labute approximate surface area is 282 Å². The Morgan fingerprint density at radius 3 is 1.65 bits per heavy atom. The molecule has 6 heteroatoms. The predicted molar refractivity (Wildman–Crippen MR) is 202 cm³/mol. The first-order chi connectivity index (χ1) is 24.2. The molecule has 0 aliphatic rings. The highest BCUT2D eigenvalue weighted by atomic mass is 32.1. The highest BCUT2D eigenvalue weighted by Gasteiger charge is 2.21. The van der Waals surface area contributed by atoms with Crippen molar-refractivity contribution >= 4 is 104 Å². The van der Waals surface area contributed by atoms with Gasteiger partial charge in [-0.05, 0) is 66.7 Å². The lowest BCUT2D eigenvalue weighted by molar-refractivity contribution is 0.668. The number of anilines is 3. The highest BCUT2D eigenvalue weighted by Crippen LogP contribution is 2.45. The molecule has 4 aromatic heterocycles. The number of para-hydroxylation sites is 2. The van der Waals surface area contributed by atoms with Crippen LogP contribution in [0.15, 0.2) is 159 Å². The van der Waals surface area contributed by atoms with Gasteiger partial charge in [0.25, 0.3) is 0 Å². The third kappa shape index (κ3) is 4.01.